The molecule has 1 aromatic rings. The van der Waals surface area contributed by atoms with E-state index in [2.05, 4.69) is 42.5 Å². The van der Waals surface area contributed by atoms with Gasteiger partial charge in [0.15, 0.2) is 0 Å². The standard InChI is InChI=1S/C12H17IO2/c1-12(2,6-7-14)10-8-9(13)4-5-11(10)15-3/h4-5,8,14H,6-7H2,1-3H3. The van der Waals surface area contributed by atoms with Crippen LogP contribution in [0.15, 0.2) is 18.2 Å². The van der Waals surface area contributed by atoms with Gasteiger partial charge in [0, 0.05) is 15.7 Å². The van der Waals surface area contributed by atoms with E-state index < -0.39 is 0 Å². The SMILES string of the molecule is COc1ccc(I)cc1C(C)(C)CCO. The third kappa shape index (κ3) is 3.08. The van der Waals surface area contributed by atoms with Gasteiger partial charge in [-0.05, 0) is 52.6 Å². The molecule has 3 heteroatoms. The van der Waals surface area contributed by atoms with Crippen LogP contribution in [0, 0.1) is 3.57 Å². The summed E-state index contributed by atoms with van der Waals surface area (Å²) >= 11 is 2.29. The summed E-state index contributed by atoms with van der Waals surface area (Å²) in [6.45, 7) is 4.44. The number of hydrogen-bond donors (Lipinski definition) is 1. The molecular formula is C12H17IO2. The number of hydrogen-bond acceptors (Lipinski definition) is 2. The molecule has 0 aliphatic carbocycles. The Hall–Kier alpha value is -0.290. The molecule has 0 amide bonds. The zero-order valence-corrected chi connectivity index (χ0v) is 11.5. The van der Waals surface area contributed by atoms with Crippen LogP contribution in [0.2, 0.25) is 0 Å². The van der Waals surface area contributed by atoms with Crippen molar-refractivity contribution in [2.75, 3.05) is 13.7 Å². The first kappa shape index (κ1) is 12.8. The average Bonchev–Trinajstić information content (AvgIpc) is 2.17. The lowest BCUT2D eigenvalue weighted by Gasteiger charge is -2.26. The number of ether oxygens (including phenoxy) is 1. The molecule has 0 fully saturated rings. The molecule has 0 saturated heterocycles. The van der Waals surface area contributed by atoms with Crippen molar-refractivity contribution in [2.24, 2.45) is 0 Å². The van der Waals surface area contributed by atoms with Crippen LogP contribution in [0.25, 0.3) is 0 Å². The molecule has 2 nitrogen and oxygen atoms in total. The minimum absolute atomic E-state index is 0.0543. The molecule has 0 bridgehead atoms. The Bertz CT molecular complexity index is 334. The maximum atomic E-state index is 9.05. The predicted molar refractivity (Wildman–Crippen MR) is 70.4 cm³/mol. The highest BCUT2D eigenvalue weighted by molar-refractivity contribution is 14.1. The third-order valence-electron chi connectivity index (χ3n) is 2.63. The Balaban J connectivity index is 3.15. The van der Waals surface area contributed by atoms with Crippen molar-refractivity contribution in [1.29, 1.82) is 0 Å². The van der Waals surface area contributed by atoms with E-state index in [0.717, 1.165) is 17.7 Å². The van der Waals surface area contributed by atoms with Crippen molar-refractivity contribution in [2.45, 2.75) is 25.7 Å². The van der Waals surface area contributed by atoms with Gasteiger partial charge in [-0.2, -0.15) is 0 Å². The first-order valence-electron chi connectivity index (χ1n) is 4.96. The number of rotatable bonds is 4. The lowest BCUT2D eigenvalue weighted by atomic mass is 9.81. The van der Waals surface area contributed by atoms with Crippen LogP contribution >= 0.6 is 22.6 Å². The van der Waals surface area contributed by atoms with Gasteiger partial charge >= 0.3 is 0 Å². The molecular weight excluding hydrogens is 303 g/mol. The third-order valence-corrected chi connectivity index (χ3v) is 3.30. The van der Waals surface area contributed by atoms with Gasteiger partial charge in [0.1, 0.15) is 5.75 Å². The number of aliphatic hydroxyl groups is 1. The van der Waals surface area contributed by atoms with Gasteiger partial charge in [-0.25, -0.2) is 0 Å². The second-order valence-corrected chi connectivity index (χ2v) is 5.45. The smallest absolute Gasteiger partial charge is 0.122 e. The van der Waals surface area contributed by atoms with Crippen molar-refractivity contribution < 1.29 is 9.84 Å². The fourth-order valence-corrected chi connectivity index (χ4v) is 2.11. The van der Waals surface area contributed by atoms with Crippen LogP contribution in [0.1, 0.15) is 25.8 Å². The lowest BCUT2D eigenvalue weighted by Crippen LogP contribution is -2.20. The van der Waals surface area contributed by atoms with Crippen molar-refractivity contribution in [3.63, 3.8) is 0 Å². The van der Waals surface area contributed by atoms with Crippen molar-refractivity contribution in [3.05, 3.63) is 27.3 Å². The molecule has 0 heterocycles. The fraction of sp³-hybridized carbons (Fsp3) is 0.500. The fourth-order valence-electron chi connectivity index (χ4n) is 1.62. The highest BCUT2D eigenvalue weighted by atomic mass is 127. The van der Waals surface area contributed by atoms with Crippen LogP contribution < -0.4 is 4.74 Å². The van der Waals surface area contributed by atoms with Gasteiger partial charge in [0.05, 0.1) is 7.11 Å². The quantitative estimate of drug-likeness (QED) is 0.865. The number of aliphatic hydroxyl groups excluding tert-OH is 1. The van der Waals surface area contributed by atoms with Gasteiger partial charge in [-0.1, -0.05) is 13.8 Å². The normalized spacial score (nSPS) is 11.5. The summed E-state index contributed by atoms with van der Waals surface area (Å²) in [7, 11) is 1.68. The molecule has 0 atom stereocenters. The summed E-state index contributed by atoms with van der Waals surface area (Å²) in [5.74, 6) is 0.897. The second-order valence-electron chi connectivity index (χ2n) is 4.20. The van der Waals surface area contributed by atoms with Crippen LogP contribution in [0.4, 0.5) is 0 Å². The van der Waals surface area contributed by atoms with Gasteiger partial charge in [-0.3, -0.25) is 0 Å². The molecule has 0 aliphatic rings. The lowest BCUT2D eigenvalue weighted by molar-refractivity contribution is 0.249. The molecule has 0 radical (unpaired) electrons. The van der Waals surface area contributed by atoms with E-state index in [1.807, 2.05) is 12.1 Å². The predicted octanol–water partition coefficient (Wildman–Crippen LogP) is 2.96. The van der Waals surface area contributed by atoms with Gasteiger partial charge in [-0.15, -0.1) is 0 Å². The minimum Gasteiger partial charge on any atom is -0.496 e. The molecule has 0 aromatic heterocycles. The van der Waals surface area contributed by atoms with Gasteiger partial charge < -0.3 is 9.84 Å². The monoisotopic (exact) mass is 320 g/mol. The molecule has 1 rings (SSSR count). The van der Waals surface area contributed by atoms with Crippen molar-refractivity contribution >= 4 is 22.6 Å². The van der Waals surface area contributed by atoms with E-state index in [4.69, 9.17) is 9.84 Å². The summed E-state index contributed by atoms with van der Waals surface area (Å²) < 4.78 is 6.54. The second kappa shape index (κ2) is 5.16. The maximum absolute atomic E-state index is 9.05. The van der Waals surface area contributed by atoms with Crippen LogP contribution in [0.3, 0.4) is 0 Å². The summed E-state index contributed by atoms with van der Waals surface area (Å²) in [5.41, 5.74) is 1.10. The Labute approximate surface area is 105 Å². The number of benzene rings is 1. The summed E-state index contributed by atoms with van der Waals surface area (Å²) in [6, 6.07) is 6.13. The molecule has 84 valence electrons. The largest absolute Gasteiger partial charge is 0.496 e. The van der Waals surface area contributed by atoms with E-state index >= 15 is 0 Å². The Morgan fingerprint density at radius 1 is 1.40 bits per heavy atom. The van der Waals surface area contributed by atoms with Crippen molar-refractivity contribution in [3.8, 4) is 5.75 Å². The van der Waals surface area contributed by atoms with Gasteiger partial charge in [0.25, 0.3) is 0 Å². The number of halogens is 1. The van der Waals surface area contributed by atoms with Crippen LogP contribution in [0.5, 0.6) is 5.75 Å². The van der Waals surface area contributed by atoms with E-state index in [1.54, 1.807) is 7.11 Å². The van der Waals surface area contributed by atoms with E-state index in [0.29, 0.717) is 0 Å². The number of methoxy groups -OCH3 is 1. The molecule has 0 saturated carbocycles. The zero-order chi connectivity index (χ0) is 11.5. The van der Waals surface area contributed by atoms with E-state index in [9.17, 15) is 0 Å². The van der Waals surface area contributed by atoms with Crippen LogP contribution in [-0.4, -0.2) is 18.8 Å². The Kier molecular flexibility index (Phi) is 4.40. The molecule has 1 aromatic carbocycles. The minimum atomic E-state index is -0.0543. The van der Waals surface area contributed by atoms with Gasteiger partial charge in [0.2, 0.25) is 0 Å². The van der Waals surface area contributed by atoms with E-state index in [-0.39, 0.29) is 12.0 Å². The first-order chi connectivity index (χ1) is 7.01. The average molecular weight is 320 g/mol. The topological polar surface area (TPSA) is 29.5 Å². The Morgan fingerprint density at radius 2 is 2.07 bits per heavy atom. The zero-order valence-electron chi connectivity index (χ0n) is 9.38. The molecule has 0 aliphatic heterocycles. The van der Waals surface area contributed by atoms with Crippen LogP contribution in [-0.2, 0) is 5.41 Å². The van der Waals surface area contributed by atoms with E-state index in [1.165, 1.54) is 3.57 Å². The molecule has 0 spiro atoms. The highest BCUT2D eigenvalue weighted by Gasteiger charge is 2.23. The van der Waals surface area contributed by atoms with Crippen molar-refractivity contribution in [1.82, 2.24) is 0 Å². The maximum Gasteiger partial charge on any atom is 0.122 e. The highest BCUT2D eigenvalue weighted by Crippen LogP contribution is 2.34. The molecule has 0 unspecified atom stereocenters. The Morgan fingerprint density at radius 3 is 2.60 bits per heavy atom. The summed E-state index contributed by atoms with van der Waals surface area (Å²) in [5, 5.41) is 9.05. The molecule has 15 heavy (non-hydrogen) atoms. The summed E-state index contributed by atoms with van der Waals surface area (Å²) in [4.78, 5) is 0. The molecule has 1 N–H and O–H groups in total. The summed E-state index contributed by atoms with van der Waals surface area (Å²) in [6.07, 6.45) is 0.740. The first-order valence-corrected chi connectivity index (χ1v) is 6.04.